The third kappa shape index (κ3) is 20.2. The Bertz CT molecular complexity index is 1050. The zero-order valence-electron chi connectivity index (χ0n) is 30.3. The van der Waals surface area contributed by atoms with E-state index in [2.05, 4.69) is 55.8 Å². The number of benzene rings is 1. The first-order chi connectivity index (χ1) is 21.9. The lowest BCUT2D eigenvalue weighted by Crippen LogP contribution is -2.51. The summed E-state index contributed by atoms with van der Waals surface area (Å²) in [7, 11) is -5.23. The smallest absolute Gasteiger partial charge is 0.311 e. The predicted octanol–water partition coefficient (Wildman–Crippen LogP) is 11.8. The van der Waals surface area contributed by atoms with Crippen LogP contribution in [0.2, 0.25) is 51.9 Å². The van der Waals surface area contributed by atoms with Crippen LogP contribution >= 0.6 is 11.6 Å². The quantitative estimate of drug-likeness (QED) is 0.0523. The molecule has 0 radical (unpaired) electrons. The standard InChI is InChI=1S/C36H65ClN2O4Si3/c1-44(2,3)42-46(6,7)43-45(4,5)30-22-18-14-10-8-9-12-16-21-29-41-35-31-38-36(39-32-35)33-23-25-34(26-24-33)40-28-20-17-13-11-15-19-27-37/h23-26,31-32H,8-22,27-30H2,1-7H3. The number of unbranched alkanes of at least 4 members (excludes halogenated alkanes) is 13. The Balaban J connectivity index is 1.48. The molecule has 2 rings (SSSR count). The molecule has 0 atom stereocenters. The van der Waals surface area contributed by atoms with Crippen molar-refractivity contribution < 1.29 is 17.7 Å². The van der Waals surface area contributed by atoms with Gasteiger partial charge in [-0.1, -0.05) is 77.0 Å². The summed E-state index contributed by atoms with van der Waals surface area (Å²) in [5, 5.41) is 0. The average Bonchev–Trinajstić information content (AvgIpc) is 2.98. The van der Waals surface area contributed by atoms with Crippen molar-refractivity contribution in [2.24, 2.45) is 0 Å². The Morgan fingerprint density at radius 3 is 1.50 bits per heavy atom. The summed E-state index contributed by atoms with van der Waals surface area (Å²) in [5.41, 5.74) is 0.978. The fourth-order valence-corrected chi connectivity index (χ4v) is 19.4. The minimum absolute atomic E-state index is 0.702. The number of aromatic nitrogens is 2. The maximum atomic E-state index is 6.64. The van der Waals surface area contributed by atoms with Crippen LogP contribution in [0.15, 0.2) is 36.7 Å². The summed E-state index contributed by atoms with van der Waals surface area (Å²) in [6, 6.07) is 9.27. The third-order valence-corrected chi connectivity index (χ3v) is 18.2. The summed E-state index contributed by atoms with van der Waals surface area (Å²) < 4.78 is 24.8. The van der Waals surface area contributed by atoms with E-state index in [-0.39, 0.29) is 0 Å². The SMILES string of the molecule is C[Si](C)(C)O[Si](C)(C)O[Si](C)(C)CCCCCCCCCCCOc1cnc(-c2ccc(OCCCCCCCCCl)cc2)nc1. The highest BCUT2D eigenvalue weighted by molar-refractivity contribution is 6.87. The van der Waals surface area contributed by atoms with Crippen LogP contribution in [0, 0.1) is 0 Å². The minimum Gasteiger partial charge on any atom is -0.494 e. The molecule has 2 aromatic rings. The van der Waals surface area contributed by atoms with Gasteiger partial charge < -0.3 is 17.7 Å². The van der Waals surface area contributed by atoms with E-state index in [4.69, 9.17) is 29.3 Å². The van der Waals surface area contributed by atoms with Gasteiger partial charge in [0.2, 0.25) is 0 Å². The molecular formula is C36H65ClN2O4Si3. The molecule has 0 saturated heterocycles. The molecule has 1 heterocycles. The molecule has 0 aliphatic carbocycles. The zero-order valence-corrected chi connectivity index (χ0v) is 34.1. The molecule has 0 unspecified atom stereocenters. The molecule has 1 aromatic carbocycles. The van der Waals surface area contributed by atoms with E-state index in [1.54, 1.807) is 12.4 Å². The predicted molar refractivity (Wildman–Crippen MR) is 204 cm³/mol. The highest BCUT2D eigenvalue weighted by Crippen LogP contribution is 2.25. The fourth-order valence-electron chi connectivity index (χ4n) is 5.89. The van der Waals surface area contributed by atoms with Gasteiger partial charge in [0, 0.05) is 11.4 Å². The maximum absolute atomic E-state index is 6.64. The van der Waals surface area contributed by atoms with E-state index in [1.165, 1.54) is 83.1 Å². The van der Waals surface area contributed by atoms with Gasteiger partial charge in [0.15, 0.2) is 28.2 Å². The highest BCUT2D eigenvalue weighted by atomic mass is 35.5. The van der Waals surface area contributed by atoms with Gasteiger partial charge >= 0.3 is 8.56 Å². The van der Waals surface area contributed by atoms with Crippen molar-refractivity contribution >= 4 is 36.8 Å². The zero-order chi connectivity index (χ0) is 33.7. The first-order valence-corrected chi connectivity index (χ1v) is 27.9. The number of hydrogen-bond donors (Lipinski definition) is 0. The van der Waals surface area contributed by atoms with E-state index < -0.39 is 25.2 Å². The molecule has 0 fully saturated rings. The summed E-state index contributed by atoms with van der Waals surface area (Å²) in [5.74, 6) is 3.10. The van der Waals surface area contributed by atoms with Crippen molar-refractivity contribution in [2.45, 2.75) is 148 Å². The Labute approximate surface area is 290 Å². The lowest BCUT2D eigenvalue weighted by atomic mass is 10.1. The molecule has 0 aliphatic rings. The third-order valence-electron chi connectivity index (χ3n) is 7.80. The van der Waals surface area contributed by atoms with Gasteiger partial charge in [-0.3, -0.25) is 0 Å². The molecule has 0 amide bonds. The van der Waals surface area contributed by atoms with Gasteiger partial charge in [-0.05, 0) is 95.4 Å². The van der Waals surface area contributed by atoms with Crippen molar-refractivity contribution in [3.8, 4) is 22.9 Å². The van der Waals surface area contributed by atoms with Crippen LogP contribution < -0.4 is 9.47 Å². The van der Waals surface area contributed by atoms with Crippen molar-refractivity contribution in [1.82, 2.24) is 9.97 Å². The molecule has 0 saturated carbocycles. The number of halogens is 1. The Kier molecular flexibility index (Phi) is 19.9. The number of hydrogen-bond acceptors (Lipinski definition) is 6. The molecule has 0 bridgehead atoms. The molecular weight excluding hydrogens is 644 g/mol. The number of nitrogens with zero attached hydrogens (tertiary/aromatic N) is 2. The number of ether oxygens (including phenoxy) is 2. The van der Waals surface area contributed by atoms with Crippen LogP contribution in [0.4, 0.5) is 0 Å². The largest absolute Gasteiger partial charge is 0.494 e. The molecule has 262 valence electrons. The van der Waals surface area contributed by atoms with Crippen molar-refractivity contribution in [3.63, 3.8) is 0 Å². The molecule has 46 heavy (non-hydrogen) atoms. The van der Waals surface area contributed by atoms with Gasteiger partial charge in [0.25, 0.3) is 0 Å². The number of rotatable bonds is 27. The molecule has 0 aliphatic heterocycles. The Morgan fingerprint density at radius 1 is 0.543 bits per heavy atom. The van der Waals surface area contributed by atoms with Crippen molar-refractivity contribution in [2.75, 3.05) is 19.1 Å². The van der Waals surface area contributed by atoms with Crippen LogP contribution in [0.5, 0.6) is 11.5 Å². The second-order valence-electron chi connectivity index (χ2n) is 14.7. The second kappa shape index (κ2) is 22.4. The lowest BCUT2D eigenvalue weighted by molar-refractivity contribution is 0.302. The Morgan fingerprint density at radius 2 is 1.00 bits per heavy atom. The molecule has 0 N–H and O–H groups in total. The highest BCUT2D eigenvalue weighted by Gasteiger charge is 2.37. The van der Waals surface area contributed by atoms with Crippen LogP contribution in [0.1, 0.15) is 96.3 Å². The Hall–Kier alpha value is -1.24. The van der Waals surface area contributed by atoms with E-state index in [0.717, 1.165) is 48.8 Å². The van der Waals surface area contributed by atoms with E-state index in [1.807, 2.05) is 24.3 Å². The molecule has 6 nitrogen and oxygen atoms in total. The van der Waals surface area contributed by atoms with Crippen LogP contribution in [-0.4, -0.2) is 54.3 Å². The van der Waals surface area contributed by atoms with Crippen LogP contribution in [0.3, 0.4) is 0 Å². The van der Waals surface area contributed by atoms with Crippen molar-refractivity contribution in [3.05, 3.63) is 36.7 Å². The lowest BCUT2D eigenvalue weighted by Gasteiger charge is -2.37. The summed E-state index contributed by atoms with van der Waals surface area (Å²) in [4.78, 5) is 9.03. The first kappa shape index (κ1) is 40.9. The minimum atomic E-state index is -2.02. The van der Waals surface area contributed by atoms with Gasteiger partial charge in [0.05, 0.1) is 25.6 Å². The topological polar surface area (TPSA) is 62.7 Å². The van der Waals surface area contributed by atoms with Gasteiger partial charge in [-0.25, -0.2) is 9.97 Å². The normalized spacial score (nSPS) is 12.4. The molecule has 1 aromatic heterocycles. The van der Waals surface area contributed by atoms with E-state index >= 15 is 0 Å². The van der Waals surface area contributed by atoms with Crippen LogP contribution in [-0.2, 0) is 8.23 Å². The maximum Gasteiger partial charge on any atom is 0.311 e. The average molecular weight is 710 g/mol. The van der Waals surface area contributed by atoms with Gasteiger partial charge in [-0.2, -0.15) is 0 Å². The van der Waals surface area contributed by atoms with Crippen molar-refractivity contribution in [1.29, 1.82) is 0 Å². The monoisotopic (exact) mass is 708 g/mol. The number of alkyl halides is 1. The summed E-state index contributed by atoms with van der Waals surface area (Å²) in [6.07, 6.45) is 22.2. The fraction of sp³-hybridized carbons (Fsp3) is 0.722. The molecule has 0 spiro atoms. The molecule has 10 heteroatoms. The first-order valence-electron chi connectivity index (χ1n) is 18.0. The van der Waals surface area contributed by atoms with Gasteiger partial charge in [-0.15, -0.1) is 11.6 Å². The van der Waals surface area contributed by atoms with Gasteiger partial charge in [0.1, 0.15) is 5.75 Å². The van der Waals surface area contributed by atoms with E-state index in [9.17, 15) is 0 Å². The van der Waals surface area contributed by atoms with E-state index in [0.29, 0.717) is 12.4 Å². The summed E-state index contributed by atoms with van der Waals surface area (Å²) >= 11 is 5.73. The summed E-state index contributed by atoms with van der Waals surface area (Å²) in [6.45, 7) is 17.4. The van der Waals surface area contributed by atoms with Crippen LogP contribution in [0.25, 0.3) is 11.4 Å². The second-order valence-corrected chi connectivity index (χ2v) is 27.7.